The summed E-state index contributed by atoms with van der Waals surface area (Å²) in [5.74, 6) is -0.165. The lowest BCUT2D eigenvalue weighted by Crippen LogP contribution is -2.13. The number of hydrogen-bond donors (Lipinski definition) is 1. The molecule has 1 N–H and O–H groups in total. The molecule has 2 rings (SSSR count). The van der Waals surface area contributed by atoms with Gasteiger partial charge in [-0.1, -0.05) is 17.7 Å². The fraction of sp³-hybridized carbons (Fsp3) is 0.143. The molecule has 0 atom stereocenters. The number of pyridine rings is 1. The molecule has 1 aromatic carbocycles. The van der Waals surface area contributed by atoms with Crippen LogP contribution in [0.15, 0.2) is 41.1 Å². The molecule has 18 heavy (non-hydrogen) atoms. The minimum atomic E-state index is -0.165. The van der Waals surface area contributed by atoms with E-state index >= 15 is 0 Å². The average molecular weight is 305 g/mol. The van der Waals surface area contributed by atoms with E-state index < -0.39 is 0 Å². The Balaban J connectivity index is 2.24. The summed E-state index contributed by atoms with van der Waals surface area (Å²) in [6, 6.07) is 9.39. The summed E-state index contributed by atoms with van der Waals surface area (Å²) in [6.45, 7) is 4.00. The molecule has 1 aromatic heterocycles. The number of anilines is 1. The van der Waals surface area contributed by atoms with Crippen molar-refractivity contribution in [1.29, 1.82) is 0 Å². The third-order valence-corrected chi connectivity index (χ3v) is 3.27. The number of hydrogen-bond acceptors (Lipinski definition) is 2. The van der Waals surface area contributed by atoms with Crippen molar-refractivity contribution < 1.29 is 4.79 Å². The zero-order valence-corrected chi connectivity index (χ0v) is 11.8. The van der Waals surface area contributed by atoms with E-state index in [2.05, 4.69) is 26.2 Å². The Kier molecular flexibility index (Phi) is 3.77. The summed E-state index contributed by atoms with van der Waals surface area (Å²) in [6.07, 6.45) is 1.64. The largest absolute Gasteiger partial charge is 0.322 e. The van der Waals surface area contributed by atoms with Crippen LogP contribution in [0.25, 0.3) is 0 Å². The molecule has 0 unspecified atom stereocenters. The maximum absolute atomic E-state index is 12.1. The standard InChI is InChI=1S/C14H13BrN2O/c1-9-5-6-12(10(2)8-9)17-14(18)11-4-3-7-16-13(11)15/h3-8H,1-2H3,(H,17,18). The van der Waals surface area contributed by atoms with Gasteiger partial charge in [0.05, 0.1) is 5.56 Å². The Labute approximate surface area is 114 Å². The summed E-state index contributed by atoms with van der Waals surface area (Å²) in [5, 5.41) is 2.89. The van der Waals surface area contributed by atoms with E-state index in [0.29, 0.717) is 10.2 Å². The van der Waals surface area contributed by atoms with Gasteiger partial charge in [-0.15, -0.1) is 0 Å². The Morgan fingerprint density at radius 3 is 2.72 bits per heavy atom. The van der Waals surface area contributed by atoms with Gasteiger partial charge in [-0.2, -0.15) is 0 Å². The number of carbonyl (C=O) groups is 1. The van der Waals surface area contributed by atoms with Crippen molar-refractivity contribution in [1.82, 2.24) is 4.98 Å². The number of aryl methyl sites for hydroxylation is 2. The van der Waals surface area contributed by atoms with Crippen LogP contribution in [0.2, 0.25) is 0 Å². The highest BCUT2D eigenvalue weighted by molar-refractivity contribution is 9.10. The van der Waals surface area contributed by atoms with E-state index in [1.165, 1.54) is 5.56 Å². The maximum Gasteiger partial charge on any atom is 0.258 e. The minimum Gasteiger partial charge on any atom is -0.322 e. The Bertz CT molecular complexity index is 596. The Hall–Kier alpha value is -1.68. The first-order valence-corrected chi connectivity index (χ1v) is 6.36. The number of rotatable bonds is 2. The van der Waals surface area contributed by atoms with Gasteiger partial charge < -0.3 is 5.32 Å². The topological polar surface area (TPSA) is 42.0 Å². The van der Waals surface area contributed by atoms with Gasteiger partial charge >= 0.3 is 0 Å². The SMILES string of the molecule is Cc1ccc(NC(=O)c2cccnc2Br)c(C)c1. The molecule has 2 aromatic rings. The van der Waals surface area contributed by atoms with Crippen LogP contribution in [-0.2, 0) is 0 Å². The fourth-order valence-corrected chi connectivity index (χ4v) is 2.13. The van der Waals surface area contributed by atoms with Gasteiger partial charge in [0, 0.05) is 11.9 Å². The molecule has 0 saturated carbocycles. The summed E-state index contributed by atoms with van der Waals surface area (Å²) in [5.41, 5.74) is 3.57. The molecule has 4 heteroatoms. The van der Waals surface area contributed by atoms with Crippen molar-refractivity contribution in [3.8, 4) is 0 Å². The molecule has 0 radical (unpaired) electrons. The first-order valence-electron chi connectivity index (χ1n) is 5.57. The van der Waals surface area contributed by atoms with E-state index in [1.807, 2.05) is 32.0 Å². The van der Waals surface area contributed by atoms with Crippen molar-refractivity contribution in [2.75, 3.05) is 5.32 Å². The van der Waals surface area contributed by atoms with Crippen LogP contribution in [0.3, 0.4) is 0 Å². The smallest absolute Gasteiger partial charge is 0.258 e. The third-order valence-electron chi connectivity index (χ3n) is 2.63. The van der Waals surface area contributed by atoms with E-state index in [9.17, 15) is 4.79 Å². The molecule has 92 valence electrons. The molecule has 0 fully saturated rings. The first kappa shape index (κ1) is 12.8. The van der Waals surface area contributed by atoms with Gasteiger partial charge in [0.25, 0.3) is 5.91 Å². The second-order valence-corrected chi connectivity index (χ2v) is 4.87. The van der Waals surface area contributed by atoms with Crippen molar-refractivity contribution in [3.63, 3.8) is 0 Å². The number of aromatic nitrogens is 1. The lowest BCUT2D eigenvalue weighted by molar-refractivity contribution is 0.102. The van der Waals surface area contributed by atoms with Crippen LogP contribution in [0.1, 0.15) is 21.5 Å². The van der Waals surface area contributed by atoms with Crippen LogP contribution < -0.4 is 5.32 Å². The predicted molar refractivity (Wildman–Crippen MR) is 75.8 cm³/mol. The minimum absolute atomic E-state index is 0.165. The molecule has 3 nitrogen and oxygen atoms in total. The first-order chi connectivity index (χ1) is 8.58. The zero-order valence-electron chi connectivity index (χ0n) is 10.2. The summed E-state index contributed by atoms with van der Waals surface area (Å²) in [4.78, 5) is 16.1. The number of halogens is 1. The van der Waals surface area contributed by atoms with E-state index in [1.54, 1.807) is 18.3 Å². The average Bonchev–Trinajstić information content (AvgIpc) is 2.33. The number of nitrogens with zero attached hydrogens (tertiary/aromatic N) is 1. The molecule has 0 saturated heterocycles. The monoisotopic (exact) mass is 304 g/mol. The zero-order chi connectivity index (χ0) is 13.1. The van der Waals surface area contributed by atoms with Gasteiger partial charge in [0.1, 0.15) is 4.60 Å². The molecule has 1 heterocycles. The lowest BCUT2D eigenvalue weighted by atomic mass is 10.1. The van der Waals surface area contributed by atoms with Gasteiger partial charge in [-0.25, -0.2) is 4.98 Å². The maximum atomic E-state index is 12.1. The van der Waals surface area contributed by atoms with Crippen LogP contribution in [0.5, 0.6) is 0 Å². The Morgan fingerprint density at radius 1 is 1.28 bits per heavy atom. The van der Waals surface area contributed by atoms with E-state index in [-0.39, 0.29) is 5.91 Å². The van der Waals surface area contributed by atoms with Crippen LogP contribution in [-0.4, -0.2) is 10.9 Å². The van der Waals surface area contributed by atoms with Crippen molar-refractivity contribution in [2.24, 2.45) is 0 Å². The molecule has 0 aliphatic heterocycles. The molecule has 0 aliphatic rings. The highest BCUT2D eigenvalue weighted by Crippen LogP contribution is 2.19. The second kappa shape index (κ2) is 5.31. The summed E-state index contributed by atoms with van der Waals surface area (Å²) in [7, 11) is 0. The quantitative estimate of drug-likeness (QED) is 0.859. The number of carbonyl (C=O) groups excluding carboxylic acids is 1. The van der Waals surface area contributed by atoms with Crippen molar-refractivity contribution in [2.45, 2.75) is 13.8 Å². The van der Waals surface area contributed by atoms with Gasteiger partial charge in [0.2, 0.25) is 0 Å². The summed E-state index contributed by atoms with van der Waals surface area (Å²) < 4.78 is 0.548. The van der Waals surface area contributed by atoms with E-state index in [4.69, 9.17) is 0 Å². The number of amides is 1. The van der Waals surface area contributed by atoms with Gasteiger partial charge in [-0.3, -0.25) is 4.79 Å². The molecular weight excluding hydrogens is 292 g/mol. The molecular formula is C14H13BrN2O. The highest BCUT2D eigenvalue weighted by Gasteiger charge is 2.11. The summed E-state index contributed by atoms with van der Waals surface area (Å²) >= 11 is 3.27. The molecule has 0 aliphatic carbocycles. The second-order valence-electron chi connectivity index (χ2n) is 4.11. The Morgan fingerprint density at radius 2 is 2.06 bits per heavy atom. The molecule has 1 amide bonds. The van der Waals surface area contributed by atoms with Crippen LogP contribution >= 0.6 is 15.9 Å². The number of nitrogens with one attached hydrogen (secondary N) is 1. The fourth-order valence-electron chi connectivity index (χ4n) is 1.70. The van der Waals surface area contributed by atoms with Gasteiger partial charge in [0.15, 0.2) is 0 Å². The normalized spacial score (nSPS) is 10.2. The third kappa shape index (κ3) is 2.76. The van der Waals surface area contributed by atoms with Crippen LogP contribution in [0.4, 0.5) is 5.69 Å². The molecule has 0 bridgehead atoms. The van der Waals surface area contributed by atoms with Gasteiger partial charge in [-0.05, 0) is 53.5 Å². The molecule has 0 spiro atoms. The van der Waals surface area contributed by atoms with Crippen molar-refractivity contribution in [3.05, 3.63) is 57.8 Å². The number of benzene rings is 1. The van der Waals surface area contributed by atoms with Crippen LogP contribution in [0, 0.1) is 13.8 Å². The lowest BCUT2D eigenvalue weighted by Gasteiger charge is -2.09. The van der Waals surface area contributed by atoms with E-state index in [0.717, 1.165) is 11.3 Å². The highest BCUT2D eigenvalue weighted by atomic mass is 79.9. The predicted octanol–water partition coefficient (Wildman–Crippen LogP) is 3.71. The van der Waals surface area contributed by atoms with Crippen molar-refractivity contribution >= 4 is 27.5 Å².